The number of hydrogen-bond donors (Lipinski definition) is 0. The molecule has 3 aromatic carbocycles. The lowest BCUT2D eigenvalue weighted by atomic mass is 10.0. The molecule has 0 saturated heterocycles. The van der Waals surface area contributed by atoms with Crippen LogP contribution in [0, 0.1) is 0 Å². The van der Waals surface area contributed by atoms with Crippen LogP contribution < -0.4 is 4.90 Å². The Bertz CT molecular complexity index is 720. The summed E-state index contributed by atoms with van der Waals surface area (Å²) in [5.41, 5.74) is 3.74. The van der Waals surface area contributed by atoms with Gasteiger partial charge in [-0.1, -0.05) is 84.9 Å². The zero-order valence-corrected chi connectivity index (χ0v) is 13.2. The molecule has 3 aromatic rings. The molecule has 0 fully saturated rings. The van der Waals surface area contributed by atoms with Crippen LogP contribution in [0.1, 0.15) is 17.2 Å². The summed E-state index contributed by atoms with van der Waals surface area (Å²) in [6.07, 6.45) is 2.02. The van der Waals surface area contributed by atoms with Gasteiger partial charge in [-0.2, -0.15) is 0 Å². The number of rotatable bonds is 6. The molecule has 0 bridgehead atoms. The minimum Gasteiger partial charge on any atom is -0.357 e. The minimum absolute atomic E-state index is 0.138. The lowest BCUT2D eigenvalue weighted by molar-refractivity contribution is 0.723. The molecule has 114 valence electrons. The van der Waals surface area contributed by atoms with Crippen molar-refractivity contribution in [1.82, 2.24) is 0 Å². The van der Waals surface area contributed by atoms with Gasteiger partial charge in [0.2, 0.25) is 0 Å². The third-order valence-corrected chi connectivity index (χ3v) is 3.98. The lowest BCUT2D eigenvalue weighted by Crippen LogP contribution is -2.26. The number of benzene rings is 3. The maximum Gasteiger partial charge on any atom is 0.0727 e. The smallest absolute Gasteiger partial charge is 0.0727 e. The molecule has 0 amide bonds. The van der Waals surface area contributed by atoms with E-state index in [1.807, 2.05) is 12.1 Å². The second kappa shape index (κ2) is 7.46. The maximum atomic E-state index is 4.08. The van der Waals surface area contributed by atoms with Crippen molar-refractivity contribution < 1.29 is 0 Å². The molecule has 23 heavy (non-hydrogen) atoms. The van der Waals surface area contributed by atoms with Crippen molar-refractivity contribution in [2.24, 2.45) is 0 Å². The molecular weight excluding hydrogens is 278 g/mol. The summed E-state index contributed by atoms with van der Waals surface area (Å²) in [6, 6.07) is 31.8. The quantitative estimate of drug-likeness (QED) is 0.534. The first-order valence-electron chi connectivity index (χ1n) is 7.91. The Morgan fingerprint density at radius 3 is 1.83 bits per heavy atom. The van der Waals surface area contributed by atoms with Gasteiger partial charge in [0, 0.05) is 12.2 Å². The highest BCUT2D eigenvalue weighted by Crippen LogP contribution is 2.29. The average molecular weight is 299 g/mol. The third-order valence-electron chi connectivity index (χ3n) is 3.98. The fraction of sp³-hybridized carbons (Fsp3) is 0.0909. The van der Waals surface area contributed by atoms with E-state index in [1.165, 1.54) is 16.8 Å². The molecule has 0 aliphatic carbocycles. The largest absolute Gasteiger partial charge is 0.357 e. The van der Waals surface area contributed by atoms with Crippen molar-refractivity contribution in [1.29, 1.82) is 0 Å². The van der Waals surface area contributed by atoms with E-state index in [0.717, 1.165) is 6.54 Å². The zero-order chi connectivity index (χ0) is 15.9. The molecule has 1 atom stereocenters. The van der Waals surface area contributed by atoms with E-state index in [2.05, 4.69) is 96.4 Å². The molecule has 0 spiro atoms. The van der Waals surface area contributed by atoms with Crippen LogP contribution >= 0.6 is 0 Å². The van der Waals surface area contributed by atoms with Gasteiger partial charge < -0.3 is 4.90 Å². The molecule has 0 N–H and O–H groups in total. The highest BCUT2D eigenvalue weighted by Gasteiger charge is 2.18. The highest BCUT2D eigenvalue weighted by atomic mass is 15.2. The molecule has 1 heteroatoms. The second-order valence-electron chi connectivity index (χ2n) is 5.54. The van der Waals surface area contributed by atoms with E-state index in [1.54, 1.807) is 0 Å². The van der Waals surface area contributed by atoms with Crippen molar-refractivity contribution in [3.8, 4) is 0 Å². The van der Waals surface area contributed by atoms with Gasteiger partial charge in [0.15, 0.2) is 0 Å². The summed E-state index contributed by atoms with van der Waals surface area (Å²) in [5.74, 6) is 0. The number of hydrogen-bond acceptors (Lipinski definition) is 1. The first-order valence-corrected chi connectivity index (χ1v) is 7.91. The SMILES string of the molecule is C=CC(c1ccccc1)N(Cc1ccccc1)c1ccccc1. The molecule has 3 rings (SSSR count). The lowest BCUT2D eigenvalue weighted by Gasteiger charge is -2.32. The van der Waals surface area contributed by atoms with E-state index in [0.29, 0.717) is 0 Å². The molecule has 0 heterocycles. The Balaban J connectivity index is 1.99. The van der Waals surface area contributed by atoms with E-state index in [-0.39, 0.29) is 6.04 Å². The number of anilines is 1. The summed E-state index contributed by atoms with van der Waals surface area (Å²) < 4.78 is 0. The Morgan fingerprint density at radius 2 is 1.26 bits per heavy atom. The predicted molar refractivity (Wildman–Crippen MR) is 98.4 cm³/mol. The molecule has 0 aromatic heterocycles. The molecule has 0 saturated carbocycles. The van der Waals surface area contributed by atoms with Gasteiger partial charge in [-0.3, -0.25) is 0 Å². The Labute approximate surface area is 138 Å². The Kier molecular flexibility index (Phi) is 4.90. The summed E-state index contributed by atoms with van der Waals surface area (Å²) in [4.78, 5) is 2.39. The molecule has 1 nitrogen and oxygen atoms in total. The molecule has 1 unspecified atom stereocenters. The van der Waals surface area contributed by atoms with Gasteiger partial charge in [0.1, 0.15) is 0 Å². The number of nitrogens with zero attached hydrogens (tertiary/aromatic N) is 1. The summed E-state index contributed by atoms with van der Waals surface area (Å²) >= 11 is 0. The molecule has 0 aliphatic heterocycles. The fourth-order valence-electron chi connectivity index (χ4n) is 2.84. The predicted octanol–water partition coefficient (Wildman–Crippen LogP) is 5.62. The van der Waals surface area contributed by atoms with Crippen LogP contribution in [0.2, 0.25) is 0 Å². The normalized spacial score (nSPS) is 11.7. The average Bonchev–Trinajstić information content (AvgIpc) is 2.64. The van der Waals surface area contributed by atoms with Crippen molar-refractivity contribution in [2.75, 3.05) is 4.90 Å². The van der Waals surface area contributed by atoms with Crippen molar-refractivity contribution in [3.05, 3.63) is 115 Å². The first-order chi connectivity index (χ1) is 11.4. The third kappa shape index (κ3) is 3.70. The highest BCUT2D eigenvalue weighted by molar-refractivity contribution is 5.50. The van der Waals surface area contributed by atoms with Crippen molar-refractivity contribution in [2.45, 2.75) is 12.6 Å². The van der Waals surface area contributed by atoms with Crippen LogP contribution in [-0.2, 0) is 6.54 Å². The summed E-state index contributed by atoms with van der Waals surface area (Å²) in [6.45, 7) is 4.93. The van der Waals surface area contributed by atoms with Gasteiger partial charge in [-0.25, -0.2) is 0 Å². The van der Waals surface area contributed by atoms with Gasteiger partial charge in [0.25, 0.3) is 0 Å². The van der Waals surface area contributed by atoms with Gasteiger partial charge in [-0.05, 0) is 23.3 Å². The van der Waals surface area contributed by atoms with Gasteiger partial charge in [0.05, 0.1) is 6.04 Å². The van der Waals surface area contributed by atoms with Crippen molar-refractivity contribution in [3.63, 3.8) is 0 Å². The Hall–Kier alpha value is -2.80. The standard InChI is InChI=1S/C22H21N/c1-2-22(20-14-8-4-9-15-20)23(21-16-10-5-11-17-21)18-19-12-6-3-7-13-19/h2-17,22H,1,18H2. The van der Waals surface area contributed by atoms with Crippen LogP contribution in [0.25, 0.3) is 0 Å². The molecular formula is C22H21N. The summed E-state index contributed by atoms with van der Waals surface area (Å²) in [5, 5.41) is 0. The van der Waals surface area contributed by atoms with Crippen molar-refractivity contribution >= 4 is 5.69 Å². The fourth-order valence-corrected chi connectivity index (χ4v) is 2.84. The minimum atomic E-state index is 0.138. The number of para-hydroxylation sites is 1. The van der Waals surface area contributed by atoms with Crippen LogP contribution in [0.3, 0.4) is 0 Å². The van der Waals surface area contributed by atoms with E-state index >= 15 is 0 Å². The Morgan fingerprint density at radius 1 is 0.739 bits per heavy atom. The topological polar surface area (TPSA) is 3.24 Å². The molecule has 0 aliphatic rings. The van der Waals surface area contributed by atoms with E-state index < -0.39 is 0 Å². The maximum absolute atomic E-state index is 4.08. The zero-order valence-electron chi connectivity index (χ0n) is 13.2. The van der Waals surface area contributed by atoms with Gasteiger partial charge >= 0.3 is 0 Å². The van der Waals surface area contributed by atoms with E-state index in [9.17, 15) is 0 Å². The first kappa shape index (κ1) is 15.1. The van der Waals surface area contributed by atoms with Crippen LogP contribution in [0.4, 0.5) is 5.69 Å². The van der Waals surface area contributed by atoms with Crippen LogP contribution in [0.5, 0.6) is 0 Å². The molecule has 0 radical (unpaired) electrons. The van der Waals surface area contributed by atoms with Crippen LogP contribution in [0.15, 0.2) is 104 Å². The summed E-state index contributed by atoms with van der Waals surface area (Å²) in [7, 11) is 0. The monoisotopic (exact) mass is 299 g/mol. The second-order valence-corrected chi connectivity index (χ2v) is 5.54. The van der Waals surface area contributed by atoms with Crippen LogP contribution in [-0.4, -0.2) is 0 Å². The van der Waals surface area contributed by atoms with Gasteiger partial charge in [-0.15, -0.1) is 6.58 Å². The van der Waals surface area contributed by atoms with E-state index in [4.69, 9.17) is 0 Å².